The summed E-state index contributed by atoms with van der Waals surface area (Å²) < 4.78 is 40.6. The largest absolute Gasteiger partial charge is 0.456 e. The van der Waals surface area contributed by atoms with Crippen LogP contribution in [0.25, 0.3) is 0 Å². The molecule has 0 radical (unpaired) electrons. The number of carbonyl (C=O) groups is 2. The lowest BCUT2D eigenvalue weighted by Gasteiger charge is -2.39. The van der Waals surface area contributed by atoms with E-state index in [2.05, 4.69) is 9.47 Å². The summed E-state index contributed by atoms with van der Waals surface area (Å²) in [6, 6.07) is 0. The number of rotatable bonds is 3. The van der Waals surface area contributed by atoms with E-state index in [1.807, 2.05) is 0 Å². The predicted octanol–water partition coefficient (Wildman–Crippen LogP) is -0.125. The molecule has 0 bridgehead atoms. The molecular formula is C10H14F2O6. The molecular weight excluding hydrogens is 254 g/mol. The Labute approximate surface area is 102 Å². The van der Waals surface area contributed by atoms with Gasteiger partial charge in [0.2, 0.25) is 6.36 Å². The summed E-state index contributed by atoms with van der Waals surface area (Å²) in [5.74, 6) is -1.64. The Morgan fingerprint density at radius 1 is 1.17 bits per heavy atom. The van der Waals surface area contributed by atoms with E-state index < -0.39 is 49.4 Å². The van der Waals surface area contributed by atoms with Crippen LogP contribution in [-0.4, -0.2) is 54.5 Å². The number of aliphatic hydroxyl groups is 1. The third-order valence-corrected chi connectivity index (χ3v) is 2.34. The van der Waals surface area contributed by atoms with E-state index in [-0.39, 0.29) is 0 Å². The number of carbonyl (C=O) groups excluding carboxylic acids is 2. The second kappa shape index (κ2) is 6.05. The van der Waals surface area contributed by atoms with Crippen LogP contribution in [0.4, 0.5) is 8.78 Å². The van der Waals surface area contributed by atoms with Crippen LogP contribution in [-0.2, 0) is 23.8 Å². The van der Waals surface area contributed by atoms with Gasteiger partial charge in [-0.3, -0.25) is 9.59 Å². The molecule has 0 amide bonds. The molecule has 0 aliphatic carbocycles. The first-order valence-corrected chi connectivity index (χ1v) is 5.25. The maximum absolute atomic E-state index is 13.6. The van der Waals surface area contributed by atoms with Crippen molar-refractivity contribution in [2.45, 2.75) is 44.7 Å². The van der Waals surface area contributed by atoms with Gasteiger partial charge in [-0.1, -0.05) is 0 Å². The Hall–Kier alpha value is -1.28. The van der Waals surface area contributed by atoms with Crippen molar-refractivity contribution in [3.05, 3.63) is 0 Å². The van der Waals surface area contributed by atoms with Crippen LogP contribution in [0, 0.1) is 0 Å². The number of alkyl halides is 2. The molecule has 1 fully saturated rings. The third kappa shape index (κ3) is 3.36. The molecule has 0 aromatic carbocycles. The summed E-state index contributed by atoms with van der Waals surface area (Å²) in [6.45, 7) is 1.35. The zero-order chi connectivity index (χ0) is 13.9. The Kier molecular flexibility index (Phi) is 4.97. The third-order valence-electron chi connectivity index (χ3n) is 2.34. The summed E-state index contributed by atoms with van der Waals surface area (Å²) in [6.07, 6.45) is -8.98. The van der Waals surface area contributed by atoms with Crippen LogP contribution in [0.5, 0.6) is 0 Å². The average molecular weight is 268 g/mol. The summed E-state index contributed by atoms with van der Waals surface area (Å²) in [5, 5.41) is 8.98. The highest BCUT2D eigenvalue weighted by Crippen LogP contribution is 2.28. The van der Waals surface area contributed by atoms with E-state index in [4.69, 9.17) is 9.84 Å². The monoisotopic (exact) mass is 268 g/mol. The Balaban J connectivity index is 2.92. The molecule has 0 aromatic heterocycles. The molecule has 0 unspecified atom stereocenters. The lowest BCUT2D eigenvalue weighted by Crippen LogP contribution is -2.58. The minimum absolute atomic E-state index is 0.706. The number of halogens is 2. The highest BCUT2D eigenvalue weighted by molar-refractivity contribution is 5.67. The zero-order valence-corrected chi connectivity index (χ0v) is 9.84. The van der Waals surface area contributed by atoms with Gasteiger partial charge in [-0.15, -0.1) is 0 Å². The van der Waals surface area contributed by atoms with Crippen molar-refractivity contribution in [1.29, 1.82) is 0 Å². The quantitative estimate of drug-likeness (QED) is 0.718. The van der Waals surface area contributed by atoms with Crippen LogP contribution < -0.4 is 0 Å². The normalized spacial score (nSPS) is 35.9. The fourth-order valence-corrected chi connectivity index (χ4v) is 1.67. The van der Waals surface area contributed by atoms with E-state index in [9.17, 15) is 18.4 Å². The molecule has 1 N–H and O–H groups in total. The smallest absolute Gasteiger partial charge is 0.303 e. The lowest BCUT2D eigenvalue weighted by atomic mass is 10.00. The maximum Gasteiger partial charge on any atom is 0.303 e. The van der Waals surface area contributed by atoms with Gasteiger partial charge in [-0.05, 0) is 0 Å². The minimum Gasteiger partial charge on any atom is -0.456 e. The summed E-state index contributed by atoms with van der Waals surface area (Å²) in [5.41, 5.74) is 0. The number of ether oxygens (including phenoxy) is 3. The van der Waals surface area contributed by atoms with E-state index in [0.29, 0.717) is 0 Å². The summed E-state index contributed by atoms with van der Waals surface area (Å²) >= 11 is 0. The van der Waals surface area contributed by atoms with Crippen LogP contribution >= 0.6 is 0 Å². The molecule has 0 aromatic rings. The standard InChI is InChI=1S/C10H14F2O6/c1-4(14)16-8-6(3-13)18-10(12)7(11)9(8)17-5(2)15/h6-10,13H,3H2,1-2H3/t6-,7-,8-,9-,10-/m1/s1. The van der Waals surface area contributed by atoms with Crippen molar-refractivity contribution >= 4 is 11.9 Å². The van der Waals surface area contributed by atoms with E-state index in [0.717, 1.165) is 13.8 Å². The van der Waals surface area contributed by atoms with Crippen LogP contribution in [0.15, 0.2) is 0 Å². The Bertz CT molecular complexity index is 307. The minimum atomic E-state index is -2.36. The van der Waals surface area contributed by atoms with Gasteiger partial charge in [0.05, 0.1) is 6.61 Å². The van der Waals surface area contributed by atoms with E-state index in [1.165, 1.54) is 0 Å². The zero-order valence-electron chi connectivity index (χ0n) is 9.84. The van der Waals surface area contributed by atoms with Crippen LogP contribution in [0.1, 0.15) is 13.8 Å². The molecule has 8 heteroatoms. The van der Waals surface area contributed by atoms with Gasteiger partial charge in [0.1, 0.15) is 6.10 Å². The fraction of sp³-hybridized carbons (Fsp3) is 0.800. The SMILES string of the molecule is CC(=O)O[C@@H]1[C@@H](F)[C@H](F)O[C@H](CO)[C@H]1OC(C)=O. The molecule has 1 aliphatic rings. The second-order valence-corrected chi connectivity index (χ2v) is 3.80. The van der Waals surface area contributed by atoms with Gasteiger partial charge in [-0.2, -0.15) is 0 Å². The molecule has 6 nitrogen and oxygen atoms in total. The van der Waals surface area contributed by atoms with Crippen molar-refractivity contribution in [3.63, 3.8) is 0 Å². The maximum atomic E-state index is 13.6. The molecule has 0 spiro atoms. The summed E-state index contributed by atoms with van der Waals surface area (Å²) in [7, 11) is 0. The fourth-order valence-electron chi connectivity index (χ4n) is 1.67. The first-order chi connectivity index (χ1) is 8.36. The van der Waals surface area contributed by atoms with Crippen molar-refractivity contribution in [2.75, 3.05) is 6.61 Å². The number of hydrogen-bond acceptors (Lipinski definition) is 6. The lowest BCUT2D eigenvalue weighted by molar-refractivity contribution is -0.258. The molecule has 1 heterocycles. The van der Waals surface area contributed by atoms with E-state index in [1.54, 1.807) is 0 Å². The van der Waals surface area contributed by atoms with Crippen LogP contribution in [0.2, 0.25) is 0 Å². The molecule has 104 valence electrons. The highest BCUT2D eigenvalue weighted by atomic mass is 19.2. The molecule has 0 saturated carbocycles. The molecule has 1 saturated heterocycles. The number of hydrogen-bond donors (Lipinski definition) is 1. The number of aliphatic hydroxyl groups excluding tert-OH is 1. The van der Waals surface area contributed by atoms with Gasteiger partial charge in [-0.25, -0.2) is 8.78 Å². The van der Waals surface area contributed by atoms with Gasteiger partial charge in [0.25, 0.3) is 0 Å². The van der Waals surface area contributed by atoms with Crippen molar-refractivity contribution < 1.29 is 37.7 Å². The molecule has 18 heavy (non-hydrogen) atoms. The topological polar surface area (TPSA) is 82.1 Å². The molecule has 1 rings (SSSR count). The van der Waals surface area contributed by atoms with Crippen molar-refractivity contribution in [3.8, 4) is 0 Å². The first kappa shape index (κ1) is 14.8. The van der Waals surface area contributed by atoms with E-state index >= 15 is 0 Å². The molecule has 5 atom stereocenters. The molecule has 1 aliphatic heterocycles. The summed E-state index contributed by atoms with van der Waals surface area (Å²) in [4.78, 5) is 21.7. The highest BCUT2D eigenvalue weighted by Gasteiger charge is 2.50. The first-order valence-electron chi connectivity index (χ1n) is 5.25. The number of esters is 2. The van der Waals surface area contributed by atoms with Gasteiger partial charge in [0.15, 0.2) is 18.4 Å². The predicted molar refractivity (Wildman–Crippen MR) is 52.9 cm³/mol. The second-order valence-electron chi connectivity index (χ2n) is 3.80. The van der Waals surface area contributed by atoms with Crippen molar-refractivity contribution in [1.82, 2.24) is 0 Å². The Morgan fingerprint density at radius 2 is 1.67 bits per heavy atom. The van der Waals surface area contributed by atoms with Gasteiger partial charge >= 0.3 is 11.9 Å². The van der Waals surface area contributed by atoms with Crippen molar-refractivity contribution in [2.24, 2.45) is 0 Å². The van der Waals surface area contributed by atoms with Crippen LogP contribution in [0.3, 0.4) is 0 Å². The average Bonchev–Trinajstić information content (AvgIpc) is 2.27. The van der Waals surface area contributed by atoms with Gasteiger partial charge in [0, 0.05) is 13.8 Å². The Morgan fingerprint density at radius 3 is 2.11 bits per heavy atom. The van der Waals surface area contributed by atoms with Gasteiger partial charge < -0.3 is 19.3 Å².